The van der Waals surface area contributed by atoms with Gasteiger partial charge in [0.1, 0.15) is 23.0 Å². The molecule has 1 aliphatic carbocycles. The van der Waals surface area contributed by atoms with E-state index in [1.54, 1.807) is 29.9 Å². The lowest BCUT2D eigenvalue weighted by Gasteiger charge is -2.46. The fourth-order valence-electron chi connectivity index (χ4n) is 7.92. The Balaban J connectivity index is 1.09. The van der Waals surface area contributed by atoms with Gasteiger partial charge in [-0.3, -0.25) is 19.3 Å². The average molecular weight is 732 g/mol. The van der Waals surface area contributed by atoms with Crippen LogP contribution < -0.4 is 25.4 Å². The van der Waals surface area contributed by atoms with Gasteiger partial charge in [-0.2, -0.15) is 0 Å². The molecular formula is C38H40F3N7O5. The second-order valence-electron chi connectivity index (χ2n) is 14.4. The van der Waals surface area contributed by atoms with Gasteiger partial charge in [-0.15, -0.1) is 0 Å². The van der Waals surface area contributed by atoms with Gasteiger partial charge >= 0.3 is 5.97 Å². The van der Waals surface area contributed by atoms with Crippen molar-refractivity contribution in [1.29, 1.82) is 0 Å². The number of aromatic nitrogens is 3. The minimum Gasteiger partial charge on any atom is -0.424 e. The molecule has 0 radical (unpaired) electrons. The Hall–Kier alpha value is -5.15. The number of hydrogen-bond acceptors (Lipinski definition) is 9. The molecule has 12 nitrogen and oxygen atoms in total. The van der Waals surface area contributed by atoms with Gasteiger partial charge in [0.2, 0.25) is 0 Å². The number of fused-ring (bicyclic) bond motifs is 3. The summed E-state index contributed by atoms with van der Waals surface area (Å²) in [4.78, 5) is 50.4. The Morgan fingerprint density at radius 1 is 1.08 bits per heavy atom. The molecule has 278 valence electrons. The van der Waals surface area contributed by atoms with Gasteiger partial charge in [0.05, 0.1) is 43.2 Å². The van der Waals surface area contributed by atoms with Crippen molar-refractivity contribution in [2.45, 2.75) is 57.7 Å². The summed E-state index contributed by atoms with van der Waals surface area (Å²) in [7, 11) is 1.55. The molecular weight excluding hydrogens is 691 g/mol. The number of carbonyl (C=O) groups is 2. The van der Waals surface area contributed by atoms with Crippen LogP contribution >= 0.6 is 0 Å². The average Bonchev–Trinajstić information content (AvgIpc) is 3.45. The molecule has 1 N–H and O–H groups in total. The Bertz CT molecular complexity index is 2160. The lowest BCUT2D eigenvalue weighted by molar-refractivity contribution is -0.131. The van der Waals surface area contributed by atoms with Crippen molar-refractivity contribution in [3.8, 4) is 16.9 Å². The molecule has 8 rings (SSSR count). The number of amides is 1. The molecule has 3 aromatic heterocycles. The van der Waals surface area contributed by atoms with E-state index in [1.807, 2.05) is 6.07 Å². The monoisotopic (exact) mass is 731 g/mol. The maximum atomic E-state index is 15.5. The predicted molar refractivity (Wildman–Crippen MR) is 192 cm³/mol. The fraction of sp³-hybridized carbons (Fsp3) is 0.421. The Morgan fingerprint density at radius 2 is 1.89 bits per heavy atom. The molecule has 0 saturated carbocycles. The normalized spacial score (nSPS) is 20.1. The van der Waals surface area contributed by atoms with Crippen molar-refractivity contribution in [2.24, 2.45) is 7.05 Å². The number of alkyl halides is 2. The number of pyridine rings is 2. The summed E-state index contributed by atoms with van der Waals surface area (Å²) < 4.78 is 58.1. The van der Waals surface area contributed by atoms with Gasteiger partial charge in [0, 0.05) is 88.2 Å². The molecule has 0 unspecified atom stereocenters. The molecule has 0 spiro atoms. The number of esters is 1. The smallest absolute Gasteiger partial charge is 0.308 e. The molecule has 4 aromatic rings. The van der Waals surface area contributed by atoms with Crippen molar-refractivity contribution >= 4 is 34.8 Å². The van der Waals surface area contributed by atoms with E-state index in [4.69, 9.17) is 9.47 Å². The number of piperazine rings is 1. The molecule has 2 saturated heterocycles. The van der Waals surface area contributed by atoms with E-state index < -0.39 is 30.0 Å². The first-order valence-electron chi connectivity index (χ1n) is 17.8. The zero-order valence-electron chi connectivity index (χ0n) is 29.7. The van der Waals surface area contributed by atoms with Gasteiger partial charge in [0.25, 0.3) is 17.4 Å². The number of hydrogen-bond donors (Lipinski definition) is 1. The van der Waals surface area contributed by atoms with E-state index in [-0.39, 0.29) is 65.9 Å². The summed E-state index contributed by atoms with van der Waals surface area (Å²) in [6, 6.07) is 9.94. The van der Waals surface area contributed by atoms with E-state index >= 15 is 4.39 Å². The van der Waals surface area contributed by atoms with Gasteiger partial charge in [0.15, 0.2) is 5.75 Å². The van der Waals surface area contributed by atoms with Crippen molar-refractivity contribution in [2.75, 3.05) is 54.5 Å². The number of rotatable bonds is 7. The van der Waals surface area contributed by atoms with Crippen molar-refractivity contribution in [3.63, 3.8) is 0 Å². The molecule has 15 heteroatoms. The van der Waals surface area contributed by atoms with Gasteiger partial charge in [-0.25, -0.2) is 18.2 Å². The number of nitrogens with zero attached hydrogens (tertiary/aromatic N) is 6. The molecule has 3 aliphatic heterocycles. The third-order valence-electron chi connectivity index (χ3n) is 10.7. The summed E-state index contributed by atoms with van der Waals surface area (Å²) in [5.41, 5.74) is 2.54. The number of aryl methyl sites for hydroxylation is 2. The predicted octanol–water partition coefficient (Wildman–Crippen LogP) is 4.75. The first-order valence-corrected chi connectivity index (χ1v) is 17.8. The van der Waals surface area contributed by atoms with Crippen LogP contribution in [0.1, 0.15) is 42.0 Å². The quantitative estimate of drug-likeness (QED) is 0.213. The molecule has 4 aliphatic rings. The zero-order valence-corrected chi connectivity index (χ0v) is 29.7. The molecule has 1 amide bonds. The van der Waals surface area contributed by atoms with E-state index in [0.29, 0.717) is 28.7 Å². The zero-order chi connectivity index (χ0) is 37.2. The van der Waals surface area contributed by atoms with Crippen LogP contribution in [0.2, 0.25) is 0 Å². The van der Waals surface area contributed by atoms with Crippen LogP contribution in [0.4, 0.5) is 36.1 Å². The SMILES string of the molecule is CC(=O)Oc1c(-c2cc(Nc3ccc(N4CCN(C5COC5)C[C@@H]4C)cn3)c(=O)n(C)c2)cc(F)cc1N1CCn2c(cc3c2CC(F)(F)CC3)C1=O. The van der Waals surface area contributed by atoms with E-state index in [2.05, 4.69) is 27.0 Å². The van der Waals surface area contributed by atoms with Crippen molar-refractivity contribution in [3.05, 3.63) is 81.9 Å². The van der Waals surface area contributed by atoms with Crippen LogP contribution in [0.5, 0.6) is 5.75 Å². The Kier molecular flexibility index (Phi) is 8.80. The maximum Gasteiger partial charge on any atom is 0.308 e. The molecule has 2 fully saturated rings. The summed E-state index contributed by atoms with van der Waals surface area (Å²) in [6.07, 6.45) is 2.66. The van der Waals surface area contributed by atoms with E-state index in [9.17, 15) is 23.2 Å². The number of benzene rings is 1. The first-order chi connectivity index (χ1) is 25.3. The number of nitrogens with one attached hydrogen (secondary N) is 1. The third-order valence-corrected chi connectivity index (χ3v) is 10.7. The summed E-state index contributed by atoms with van der Waals surface area (Å²) in [5.74, 6) is -4.45. The highest BCUT2D eigenvalue weighted by atomic mass is 19.3. The second kappa shape index (κ2) is 13.4. The molecule has 1 atom stereocenters. The van der Waals surface area contributed by atoms with E-state index in [1.165, 1.54) is 34.7 Å². The highest BCUT2D eigenvalue weighted by Crippen LogP contribution is 2.43. The van der Waals surface area contributed by atoms with Crippen LogP contribution in [0.15, 0.2) is 53.6 Å². The second-order valence-corrected chi connectivity index (χ2v) is 14.4. The molecule has 0 bridgehead atoms. The summed E-state index contributed by atoms with van der Waals surface area (Å²) in [5, 5.41) is 3.09. The Labute approximate surface area is 303 Å². The number of carbonyl (C=O) groups excluding carboxylic acids is 2. The van der Waals surface area contributed by atoms with Crippen LogP contribution in [-0.2, 0) is 36.0 Å². The van der Waals surface area contributed by atoms with Crippen molar-refractivity contribution < 1.29 is 32.2 Å². The molecule has 6 heterocycles. The first kappa shape index (κ1) is 34.9. The highest BCUT2D eigenvalue weighted by molar-refractivity contribution is 6.08. The van der Waals surface area contributed by atoms with Crippen LogP contribution in [0, 0.1) is 5.82 Å². The lowest BCUT2D eigenvalue weighted by Crippen LogP contribution is -2.59. The summed E-state index contributed by atoms with van der Waals surface area (Å²) in [6.45, 7) is 7.88. The van der Waals surface area contributed by atoms with Gasteiger partial charge in [-0.05, 0) is 49.2 Å². The number of halogens is 3. The third kappa shape index (κ3) is 6.56. The minimum atomic E-state index is -2.86. The minimum absolute atomic E-state index is 0.00708. The number of ether oxygens (including phenoxy) is 2. The maximum absolute atomic E-state index is 15.5. The largest absolute Gasteiger partial charge is 0.424 e. The van der Waals surface area contributed by atoms with Crippen molar-refractivity contribution in [1.82, 2.24) is 19.0 Å². The lowest BCUT2D eigenvalue weighted by atomic mass is 9.94. The molecule has 53 heavy (non-hydrogen) atoms. The van der Waals surface area contributed by atoms with E-state index in [0.717, 1.165) is 44.6 Å². The topological polar surface area (TPSA) is 114 Å². The molecule has 1 aromatic carbocycles. The van der Waals surface area contributed by atoms with Gasteiger partial charge in [-0.1, -0.05) is 0 Å². The van der Waals surface area contributed by atoms with Crippen LogP contribution in [0.25, 0.3) is 11.1 Å². The standard InChI is InChI=1S/C38H40F3N7O5/c1-22-18-45(28-20-52-21-28)8-9-46(22)27-4-5-34(42-17-27)43-30-12-25(19-44(3)36(30)50)29-14-26(39)15-31(35(29)53-23(2)49)48-11-10-47-32(37(48)51)13-24-6-7-38(40,41)16-33(24)47/h4-5,12-15,17,19,22,28H,6-11,16,18,20-21H2,1-3H3,(H,42,43)/t22-/m0/s1. The Morgan fingerprint density at radius 3 is 2.58 bits per heavy atom. The van der Waals surface area contributed by atoms with Crippen LogP contribution in [0.3, 0.4) is 0 Å². The number of anilines is 4. The fourth-order valence-corrected chi connectivity index (χ4v) is 7.92. The van der Waals surface area contributed by atoms with Gasteiger partial charge < -0.3 is 33.7 Å². The van der Waals surface area contributed by atoms with Crippen LogP contribution in [-0.4, -0.2) is 88.3 Å². The highest BCUT2D eigenvalue weighted by Gasteiger charge is 2.40. The summed E-state index contributed by atoms with van der Waals surface area (Å²) >= 11 is 0.